The standard InChI is InChI=1S/C16H10F15NO3/c1-9(33,7-2-4-8(5-3-7)32(34)35)6-10(17,18)11(19,20)12(21,22)13(23,24)14(25,26)15(27,28)16(29,30)31/h2-5,33H,6H2,1H3. The molecule has 0 bridgehead atoms. The zero-order valence-electron chi connectivity index (χ0n) is 16.4. The van der Waals surface area contributed by atoms with Crippen molar-refractivity contribution >= 4 is 5.69 Å². The average molecular weight is 549 g/mol. The maximum Gasteiger partial charge on any atom is 0.460 e. The maximum atomic E-state index is 14.0. The Labute approximate surface area is 183 Å². The first-order chi connectivity index (χ1) is 15.1. The van der Waals surface area contributed by atoms with Crippen LogP contribution in [0.2, 0.25) is 0 Å². The number of benzene rings is 1. The number of nitro groups is 1. The molecule has 1 unspecified atom stereocenters. The highest BCUT2D eigenvalue weighted by Crippen LogP contribution is 2.63. The van der Waals surface area contributed by atoms with Crippen molar-refractivity contribution in [1.29, 1.82) is 0 Å². The van der Waals surface area contributed by atoms with Gasteiger partial charge in [-0.05, 0) is 24.6 Å². The summed E-state index contributed by atoms with van der Waals surface area (Å²) in [6.07, 6.45) is -10.7. The zero-order valence-corrected chi connectivity index (χ0v) is 16.4. The molecule has 0 aliphatic rings. The van der Waals surface area contributed by atoms with E-state index in [2.05, 4.69) is 0 Å². The van der Waals surface area contributed by atoms with Gasteiger partial charge in [-0.1, -0.05) is 0 Å². The van der Waals surface area contributed by atoms with E-state index in [9.17, 15) is 81.1 Å². The number of aliphatic hydroxyl groups is 1. The van der Waals surface area contributed by atoms with Gasteiger partial charge in [0.15, 0.2) is 0 Å². The lowest BCUT2D eigenvalue weighted by Gasteiger charge is -2.42. The summed E-state index contributed by atoms with van der Waals surface area (Å²) in [6.45, 7) is 0.168. The Hall–Kier alpha value is -2.47. The predicted octanol–water partition coefficient (Wildman–Crippen LogP) is 6.57. The first kappa shape index (κ1) is 30.6. The lowest BCUT2D eigenvalue weighted by atomic mass is 9.83. The lowest BCUT2D eigenvalue weighted by molar-refractivity contribution is -0.453. The third-order valence-electron chi connectivity index (χ3n) is 4.66. The van der Waals surface area contributed by atoms with Gasteiger partial charge < -0.3 is 5.11 Å². The van der Waals surface area contributed by atoms with Crippen molar-refractivity contribution in [2.45, 2.75) is 60.7 Å². The fourth-order valence-electron chi connectivity index (χ4n) is 2.59. The molecule has 0 spiro atoms. The van der Waals surface area contributed by atoms with Crippen molar-refractivity contribution < 1.29 is 75.9 Å². The Morgan fingerprint density at radius 2 is 1.03 bits per heavy atom. The molecule has 1 aromatic carbocycles. The van der Waals surface area contributed by atoms with Crippen LogP contribution < -0.4 is 0 Å². The van der Waals surface area contributed by atoms with E-state index in [1.54, 1.807) is 0 Å². The van der Waals surface area contributed by atoms with E-state index >= 15 is 0 Å². The molecule has 0 fully saturated rings. The molecule has 0 amide bonds. The summed E-state index contributed by atoms with van der Waals surface area (Å²) in [5.74, 6) is -47.6. The molecule has 0 heterocycles. The Bertz CT molecular complexity index is 939. The van der Waals surface area contributed by atoms with E-state index in [1.807, 2.05) is 0 Å². The molecule has 0 aliphatic carbocycles. The second kappa shape index (κ2) is 8.29. The quantitative estimate of drug-likeness (QED) is 0.216. The summed E-state index contributed by atoms with van der Waals surface area (Å²) in [5.41, 5.74) is -5.16. The zero-order chi connectivity index (χ0) is 28.3. The second-order valence-electron chi connectivity index (χ2n) is 7.33. The highest BCUT2D eigenvalue weighted by molar-refractivity contribution is 5.35. The first-order valence-electron chi connectivity index (χ1n) is 8.43. The monoisotopic (exact) mass is 549 g/mol. The van der Waals surface area contributed by atoms with Gasteiger partial charge in [0.05, 0.1) is 16.9 Å². The van der Waals surface area contributed by atoms with Gasteiger partial charge in [-0.15, -0.1) is 0 Å². The summed E-state index contributed by atoms with van der Waals surface area (Å²) in [6, 6.07) is 1.83. The topological polar surface area (TPSA) is 63.4 Å². The van der Waals surface area contributed by atoms with Crippen LogP contribution in [0, 0.1) is 10.1 Å². The SMILES string of the molecule is CC(O)(CC(F)(F)C(F)(F)C(F)(F)C(F)(F)C(F)(F)C(F)(F)C(F)(F)F)c1ccc([N+](=O)[O-])cc1. The summed E-state index contributed by atoms with van der Waals surface area (Å²) in [5, 5.41) is 20.5. The largest absolute Gasteiger partial charge is 0.460 e. The third-order valence-corrected chi connectivity index (χ3v) is 4.66. The van der Waals surface area contributed by atoms with Gasteiger partial charge in [0, 0.05) is 12.1 Å². The number of rotatable bonds is 9. The minimum Gasteiger partial charge on any atom is -0.385 e. The fraction of sp³-hybridized carbons (Fsp3) is 0.625. The van der Waals surface area contributed by atoms with Crippen LogP contribution in [0.4, 0.5) is 71.5 Å². The van der Waals surface area contributed by atoms with E-state index < -0.39 is 69.9 Å². The van der Waals surface area contributed by atoms with Crippen molar-refractivity contribution in [2.24, 2.45) is 0 Å². The average Bonchev–Trinajstić information content (AvgIpc) is 2.65. The molecule has 35 heavy (non-hydrogen) atoms. The molecule has 202 valence electrons. The van der Waals surface area contributed by atoms with Crippen LogP contribution in [-0.4, -0.2) is 51.7 Å². The van der Waals surface area contributed by atoms with Crippen molar-refractivity contribution in [3.05, 3.63) is 39.9 Å². The number of non-ortho nitro benzene ring substituents is 1. The summed E-state index contributed by atoms with van der Waals surface area (Å²) in [7, 11) is 0. The van der Waals surface area contributed by atoms with Gasteiger partial charge >= 0.3 is 41.7 Å². The predicted molar refractivity (Wildman–Crippen MR) is 83.0 cm³/mol. The minimum atomic E-state index is -8.43. The molecular weight excluding hydrogens is 539 g/mol. The van der Waals surface area contributed by atoms with Gasteiger partial charge in [0.2, 0.25) is 0 Å². The van der Waals surface area contributed by atoms with Crippen LogP contribution >= 0.6 is 0 Å². The van der Waals surface area contributed by atoms with Crippen molar-refractivity contribution in [1.82, 2.24) is 0 Å². The molecule has 0 aromatic heterocycles. The van der Waals surface area contributed by atoms with Crippen LogP contribution in [0.25, 0.3) is 0 Å². The van der Waals surface area contributed by atoms with E-state index in [0.717, 1.165) is 0 Å². The number of hydrogen-bond acceptors (Lipinski definition) is 3. The molecule has 0 radical (unpaired) electrons. The van der Waals surface area contributed by atoms with Crippen molar-refractivity contribution in [3.63, 3.8) is 0 Å². The molecule has 4 nitrogen and oxygen atoms in total. The molecule has 0 saturated carbocycles. The maximum absolute atomic E-state index is 14.0. The van der Waals surface area contributed by atoms with Crippen LogP contribution in [0.15, 0.2) is 24.3 Å². The van der Waals surface area contributed by atoms with Gasteiger partial charge in [-0.25, -0.2) is 0 Å². The van der Waals surface area contributed by atoms with E-state index in [0.29, 0.717) is 24.3 Å². The van der Waals surface area contributed by atoms with Crippen molar-refractivity contribution in [3.8, 4) is 0 Å². The smallest absolute Gasteiger partial charge is 0.385 e. The second-order valence-corrected chi connectivity index (χ2v) is 7.33. The van der Waals surface area contributed by atoms with Crippen molar-refractivity contribution in [2.75, 3.05) is 0 Å². The van der Waals surface area contributed by atoms with Crippen LogP contribution in [-0.2, 0) is 5.60 Å². The molecule has 1 rings (SSSR count). The molecule has 0 saturated heterocycles. The molecule has 1 aromatic rings. The van der Waals surface area contributed by atoms with Crippen LogP contribution in [0.3, 0.4) is 0 Å². The summed E-state index contributed by atoms with van der Waals surface area (Å²) in [4.78, 5) is 9.46. The van der Waals surface area contributed by atoms with E-state index in [-0.39, 0.29) is 6.92 Å². The van der Waals surface area contributed by atoms with Gasteiger partial charge in [0.25, 0.3) is 5.69 Å². The highest BCUT2D eigenvalue weighted by atomic mass is 19.4. The van der Waals surface area contributed by atoms with Crippen LogP contribution in [0.5, 0.6) is 0 Å². The minimum absolute atomic E-state index is 0.168. The summed E-state index contributed by atoms with van der Waals surface area (Å²) >= 11 is 0. The third kappa shape index (κ3) is 4.57. The van der Waals surface area contributed by atoms with Gasteiger partial charge in [0.1, 0.15) is 0 Å². The Morgan fingerprint density at radius 1 is 0.686 bits per heavy atom. The fourth-order valence-corrected chi connectivity index (χ4v) is 2.59. The Kier molecular flexibility index (Phi) is 7.24. The molecular formula is C16H10F15NO3. The molecule has 1 N–H and O–H groups in total. The Morgan fingerprint density at radius 3 is 1.37 bits per heavy atom. The lowest BCUT2D eigenvalue weighted by Crippen LogP contribution is -2.72. The molecule has 1 atom stereocenters. The molecule has 19 heteroatoms. The summed E-state index contributed by atoms with van der Waals surface area (Å²) < 4.78 is 198. The van der Waals surface area contributed by atoms with Gasteiger partial charge in [-0.2, -0.15) is 65.9 Å². The first-order valence-corrected chi connectivity index (χ1v) is 8.43. The van der Waals surface area contributed by atoms with E-state index in [1.165, 1.54) is 0 Å². The number of alkyl halides is 15. The van der Waals surface area contributed by atoms with Crippen LogP contribution in [0.1, 0.15) is 18.9 Å². The normalized spacial score (nSPS) is 16.7. The number of halogens is 15. The number of nitro benzene ring substituents is 1. The number of nitrogens with zero attached hydrogens (tertiary/aromatic N) is 1. The van der Waals surface area contributed by atoms with Gasteiger partial charge in [-0.3, -0.25) is 10.1 Å². The number of hydrogen-bond donors (Lipinski definition) is 1. The molecule has 0 aliphatic heterocycles. The Balaban J connectivity index is 3.51. The highest BCUT2D eigenvalue weighted by Gasteiger charge is 2.93. The van der Waals surface area contributed by atoms with E-state index in [4.69, 9.17) is 0 Å².